The maximum atomic E-state index is 13.1. The maximum absolute atomic E-state index is 13.1. The number of nitrogens with zero attached hydrogens (tertiary/aromatic N) is 3. The number of anilines is 1. The largest absolute Gasteiger partial charge is 0.450 e. The molecule has 2 aliphatic rings. The molecule has 2 atom stereocenters. The van der Waals surface area contributed by atoms with Gasteiger partial charge in [0.1, 0.15) is 0 Å². The van der Waals surface area contributed by atoms with Crippen LogP contribution in [0.15, 0.2) is 24.3 Å². The highest BCUT2D eigenvalue weighted by Gasteiger charge is 2.36. The fourth-order valence-electron chi connectivity index (χ4n) is 3.77. The number of piperazine rings is 1. The fourth-order valence-corrected chi connectivity index (χ4v) is 3.77. The maximum Gasteiger partial charge on any atom is 0.409 e. The second-order valence-electron chi connectivity index (χ2n) is 6.79. The van der Waals surface area contributed by atoms with E-state index in [0.717, 1.165) is 12.1 Å². The van der Waals surface area contributed by atoms with Crippen molar-refractivity contribution in [2.75, 3.05) is 37.7 Å². The van der Waals surface area contributed by atoms with E-state index >= 15 is 0 Å². The molecule has 136 valence electrons. The zero-order valence-corrected chi connectivity index (χ0v) is 15.3. The van der Waals surface area contributed by atoms with Crippen molar-refractivity contribution in [2.24, 2.45) is 0 Å². The van der Waals surface area contributed by atoms with Crippen LogP contribution in [0.3, 0.4) is 0 Å². The molecule has 0 bridgehead atoms. The monoisotopic (exact) mass is 345 g/mol. The third-order valence-corrected chi connectivity index (χ3v) is 5.19. The van der Waals surface area contributed by atoms with E-state index in [9.17, 15) is 9.59 Å². The van der Waals surface area contributed by atoms with Gasteiger partial charge in [-0.2, -0.15) is 0 Å². The zero-order valence-electron chi connectivity index (χ0n) is 15.3. The lowest BCUT2D eigenvalue weighted by molar-refractivity contribution is -0.124. The Kier molecular flexibility index (Phi) is 5.27. The van der Waals surface area contributed by atoms with Crippen molar-refractivity contribution >= 4 is 17.7 Å². The Bertz CT molecular complexity index is 641. The molecule has 0 saturated carbocycles. The summed E-state index contributed by atoms with van der Waals surface area (Å²) in [5, 5.41) is 0. The van der Waals surface area contributed by atoms with Crippen molar-refractivity contribution in [3.63, 3.8) is 0 Å². The molecular formula is C19H27N3O3. The third kappa shape index (κ3) is 3.49. The number of hydrogen-bond donors (Lipinski definition) is 0. The van der Waals surface area contributed by atoms with Gasteiger partial charge in [0, 0.05) is 37.9 Å². The minimum Gasteiger partial charge on any atom is -0.450 e. The van der Waals surface area contributed by atoms with Crippen LogP contribution in [0.2, 0.25) is 0 Å². The van der Waals surface area contributed by atoms with E-state index in [-0.39, 0.29) is 24.1 Å². The number of hydrogen-bond acceptors (Lipinski definition) is 4. The first kappa shape index (κ1) is 17.7. The van der Waals surface area contributed by atoms with Crippen molar-refractivity contribution in [3.05, 3.63) is 29.8 Å². The Hall–Kier alpha value is -2.08. The smallest absolute Gasteiger partial charge is 0.409 e. The SMILES string of the molecule is CCOC(=O)N1CCN([C@@H](C)C(=O)N2c3ccccc3C[C@@H]2C)CC1. The van der Waals surface area contributed by atoms with Crippen LogP contribution < -0.4 is 4.90 Å². The van der Waals surface area contributed by atoms with E-state index < -0.39 is 0 Å². The van der Waals surface area contributed by atoms with Gasteiger partial charge in [-0.05, 0) is 38.8 Å². The summed E-state index contributed by atoms with van der Waals surface area (Å²) in [6.45, 7) is 8.85. The second-order valence-corrected chi connectivity index (χ2v) is 6.79. The molecule has 6 nitrogen and oxygen atoms in total. The summed E-state index contributed by atoms with van der Waals surface area (Å²) in [5.41, 5.74) is 2.28. The van der Waals surface area contributed by atoms with Crippen molar-refractivity contribution < 1.29 is 14.3 Å². The quantitative estimate of drug-likeness (QED) is 0.842. The molecule has 0 N–H and O–H groups in total. The summed E-state index contributed by atoms with van der Waals surface area (Å²) in [6, 6.07) is 8.13. The molecule has 0 spiro atoms. The Morgan fingerprint density at radius 3 is 2.56 bits per heavy atom. The molecule has 1 aromatic rings. The Balaban J connectivity index is 1.63. The number of amides is 2. The van der Waals surface area contributed by atoms with Gasteiger partial charge >= 0.3 is 6.09 Å². The standard InChI is InChI=1S/C19H27N3O3/c1-4-25-19(24)21-11-9-20(10-12-21)15(3)18(23)22-14(2)13-16-7-5-6-8-17(16)22/h5-8,14-15H,4,9-13H2,1-3H3/t14-,15-/m0/s1. The average Bonchev–Trinajstić information content (AvgIpc) is 2.96. The molecule has 1 saturated heterocycles. The van der Waals surface area contributed by atoms with Crippen LogP contribution in [0.5, 0.6) is 0 Å². The highest BCUT2D eigenvalue weighted by Crippen LogP contribution is 2.32. The first-order valence-corrected chi connectivity index (χ1v) is 9.09. The van der Waals surface area contributed by atoms with E-state index in [1.807, 2.05) is 36.9 Å². The van der Waals surface area contributed by atoms with Crippen LogP contribution in [0, 0.1) is 0 Å². The molecule has 0 aliphatic carbocycles. The van der Waals surface area contributed by atoms with Crippen LogP contribution in [0.1, 0.15) is 26.3 Å². The Morgan fingerprint density at radius 1 is 1.20 bits per heavy atom. The lowest BCUT2D eigenvalue weighted by atomic mass is 10.1. The van der Waals surface area contributed by atoms with Crippen molar-refractivity contribution in [3.8, 4) is 0 Å². The number of para-hydroxylation sites is 1. The first-order chi connectivity index (χ1) is 12.0. The van der Waals surface area contributed by atoms with Gasteiger partial charge in [-0.1, -0.05) is 18.2 Å². The van der Waals surface area contributed by atoms with Gasteiger partial charge in [-0.25, -0.2) is 4.79 Å². The minimum absolute atomic E-state index is 0.141. The van der Waals surface area contributed by atoms with Crippen molar-refractivity contribution in [2.45, 2.75) is 39.3 Å². The van der Waals surface area contributed by atoms with Gasteiger partial charge in [0.2, 0.25) is 5.91 Å². The molecule has 1 aromatic carbocycles. The van der Waals surface area contributed by atoms with Crippen molar-refractivity contribution in [1.29, 1.82) is 0 Å². The molecule has 1 fully saturated rings. The van der Waals surface area contributed by atoms with E-state index in [0.29, 0.717) is 32.8 Å². The third-order valence-electron chi connectivity index (χ3n) is 5.19. The van der Waals surface area contributed by atoms with E-state index in [1.54, 1.807) is 4.90 Å². The normalized spacial score (nSPS) is 21.8. The Labute approximate surface area is 149 Å². The number of rotatable bonds is 3. The molecule has 0 radical (unpaired) electrons. The topological polar surface area (TPSA) is 53.1 Å². The average molecular weight is 345 g/mol. The van der Waals surface area contributed by atoms with Crippen LogP contribution in [0.25, 0.3) is 0 Å². The molecule has 2 amide bonds. The summed E-state index contributed by atoms with van der Waals surface area (Å²) < 4.78 is 5.05. The number of benzene rings is 1. The number of fused-ring (bicyclic) bond motifs is 1. The number of carbonyl (C=O) groups is 2. The summed E-state index contributed by atoms with van der Waals surface area (Å²) in [6.07, 6.45) is 0.647. The van der Waals surface area contributed by atoms with Gasteiger partial charge < -0.3 is 14.5 Å². The van der Waals surface area contributed by atoms with Gasteiger partial charge in [0.15, 0.2) is 0 Å². The van der Waals surface area contributed by atoms with Gasteiger partial charge in [0.25, 0.3) is 0 Å². The summed E-state index contributed by atoms with van der Waals surface area (Å²) >= 11 is 0. The molecule has 3 rings (SSSR count). The predicted octanol–water partition coefficient (Wildman–Crippen LogP) is 2.13. The van der Waals surface area contributed by atoms with Gasteiger partial charge in [-0.15, -0.1) is 0 Å². The van der Waals surface area contributed by atoms with Crippen LogP contribution in [0.4, 0.5) is 10.5 Å². The highest BCUT2D eigenvalue weighted by atomic mass is 16.6. The second kappa shape index (κ2) is 7.44. The summed E-state index contributed by atoms with van der Waals surface area (Å²) in [4.78, 5) is 30.7. The summed E-state index contributed by atoms with van der Waals surface area (Å²) in [7, 11) is 0. The predicted molar refractivity (Wildman–Crippen MR) is 96.7 cm³/mol. The van der Waals surface area contributed by atoms with Crippen LogP contribution >= 0.6 is 0 Å². The van der Waals surface area contributed by atoms with E-state index in [4.69, 9.17) is 4.74 Å². The molecule has 2 aliphatic heterocycles. The van der Waals surface area contributed by atoms with Crippen molar-refractivity contribution in [1.82, 2.24) is 9.80 Å². The molecule has 6 heteroatoms. The first-order valence-electron chi connectivity index (χ1n) is 9.09. The van der Waals surface area contributed by atoms with Gasteiger partial charge in [0.05, 0.1) is 12.6 Å². The number of carbonyl (C=O) groups excluding carboxylic acids is 2. The van der Waals surface area contributed by atoms with E-state index in [2.05, 4.69) is 17.9 Å². The van der Waals surface area contributed by atoms with Crippen LogP contribution in [-0.4, -0.2) is 66.7 Å². The molecule has 0 unspecified atom stereocenters. The molecule has 0 aromatic heterocycles. The fraction of sp³-hybridized carbons (Fsp3) is 0.579. The minimum atomic E-state index is -0.261. The lowest BCUT2D eigenvalue weighted by Gasteiger charge is -2.38. The molecular weight excluding hydrogens is 318 g/mol. The molecule has 2 heterocycles. The molecule has 25 heavy (non-hydrogen) atoms. The zero-order chi connectivity index (χ0) is 18.0. The lowest BCUT2D eigenvalue weighted by Crippen LogP contribution is -2.56. The van der Waals surface area contributed by atoms with E-state index in [1.165, 1.54) is 5.56 Å². The summed E-state index contributed by atoms with van der Waals surface area (Å²) in [5.74, 6) is 0.141. The van der Waals surface area contributed by atoms with Gasteiger partial charge in [-0.3, -0.25) is 9.69 Å². The number of ether oxygens (including phenoxy) is 1. The Morgan fingerprint density at radius 2 is 1.88 bits per heavy atom. The highest BCUT2D eigenvalue weighted by molar-refractivity contribution is 5.99. The van der Waals surface area contributed by atoms with Crippen LogP contribution in [-0.2, 0) is 16.0 Å².